The Morgan fingerprint density at radius 1 is 1.12 bits per heavy atom. The standard InChI is InChI=1S/C28H26ClF4N5O4/c1-37-21-9-17(26(39)40-2)10-22(42-27(32)33)25(21)35-23(37)13-38-7-5-15(6-8-38)24-20(31)12-34-28(36-24)41-14-16-3-4-18(29)11-19(16)30/h3-4,9-12,15,27H,5-8,13-14H2,1-2H3. The average Bonchev–Trinajstić information content (AvgIpc) is 3.28. The maximum Gasteiger partial charge on any atom is 0.387 e. The number of nitrogens with zero attached hydrogens (tertiary/aromatic N) is 5. The van der Waals surface area contributed by atoms with Crippen molar-refractivity contribution in [2.24, 2.45) is 7.05 Å². The number of aryl methyl sites for hydroxylation is 1. The van der Waals surface area contributed by atoms with Crippen LogP contribution < -0.4 is 9.47 Å². The molecular weight excluding hydrogens is 582 g/mol. The van der Waals surface area contributed by atoms with E-state index in [1.165, 1.54) is 37.4 Å². The highest BCUT2D eigenvalue weighted by Gasteiger charge is 2.27. The summed E-state index contributed by atoms with van der Waals surface area (Å²) < 4.78 is 71.5. The van der Waals surface area contributed by atoms with E-state index in [2.05, 4.69) is 24.6 Å². The molecule has 14 heteroatoms. The van der Waals surface area contributed by atoms with Crippen LogP contribution in [-0.2, 0) is 24.9 Å². The van der Waals surface area contributed by atoms with Gasteiger partial charge in [0.2, 0.25) is 0 Å². The van der Waals surface area contributed by atoms with Crippen LogP contribution in [0.2, 0.25) is 5.02 Å². The van der Waals surface area contributed by atoms with Crippen LogP contribution in [0.4, 0.5) is 17.6 Å². The number of carbonyl (C=O) groups is 1. The van der Waals surface area contributed by atoms with E-state index in [4.69, 9.17) is 21.1 Å². The lowest BCUT2D eigenvalue weighted by atomic mass is 9.93. The molecule has 42 heavy (non-hydrogen) atoms. The molecule has 0 aliphatic carbocycles. The Balaban J connectivity index is 1.27. The second-order valence-corrected chi connectivity index (χ2v) is 10.2. The maximum absolute atomic E-state index is 14.7. The molecule has 0 unspecified atom stereocenters. The molecule has 0 spiro atoms. The molecule has 1 saturated heterocycles. The number of piperidine rings is 1. The van der Waals surface area contributed by atoms with E-state index in [1.807, 2.05) is 0 Å². The van der Waals surface area contributed by atoms with Crippen LogP contribution in [0.3, 0.4) is 0 Å². The predicted octanol–water partition coefficient (Wildman–Crippen LogP) is 5.64. The normalized spacial score (nSPS) is 14.5. The zero-order valence-electron chi connectivity index (χ0n) is 22.6. The van der Waals surface area contributed by atoms with Crippen molar-refractivity contribution in [2.45, 2.75) is 38.5 Å². The molecule has 0 N–H and O–H groups in total. The highest BCUT2D eigenvalue weighted by Crippen LogP contribution is 2.32. The number of esters is 1. The minimum atomic E-state index is -3.10. The predicted molar refractivity (Wildman–Crippen MR) is 144 cm³/mol. The molecule has 0 saturated carbocycles. The molecule has 1 fully saturated rings. The fourth-order valence-corrected chi connectivity index (χ4v) is 5.09. The largest absolute Gasteiger partial charge is 0.465 e. The summed E-state index contributed by atoms with van der Waals surface area (Å²) in [5, 5.41) is 0.261. The van der Waals surface area contributed by atoms with Crippen molar-refractivity contribution in [1.82, 2.24) is 24.4 Å². The first-order chi connectivity index (χ1) is 20.1. The molecule has 1 aliphatic heterocycles. The number of carbonyl (C=O) groups excluding carboxylic acids is 1. The SMILES string of the molecule is COC(=O)c1cc(OC(F)F)c2nc(CN3CCC(c4nc(OCc5ccc(Cl)cc5F)ncc4F)CC3)n(C)c2c1. The van der Waals surface area contributed by atoms with Gasteiger partial charge in [0, 0.05) is 23.6 Å². The Morgan fingerprint density at radius 3 is 2.57 bits per heavy atom. The van der Waals surface area contributed by atoms with Gasteiger partial charge in [-0.05, 0) is 50.2 Å². The van der Waals surface area contributed by atoms with E-state index in [9.17, 15) is 22.4 Å². The summed E-state index contributed by atoms with van der Waals surface area (Å²) in [6, 6.07) is 6.85. The molecule has 9 nitrogen and oxygen atoms in total. The van der Waals surface area contributed by atoms with E-state index in [0.717, 1.165) is 6.20 Å². The number of hydrogen-bond donors (Lipinski definition) is 0. The summed E-state index contributed by atoms with van der Waals surface area (Å²) in [5.41, 5.74) is 1.18. The molecule has 2 aromatic carbocycles. The van der Waals surface area contributed by atoms with Gasteiger partial charge in [-0.2, -0.15) is 13.8 Å². The van der Waals surface area contributed by atoms with Crippen molar-refractivity contribution >= 4 is 28.6 Å². The summed E-state index contributed by atoms with van der Waals surface area (Å²) in [7, 11) is 2.92. The molecule has 2 aromatic heterocycles. The molecule has 1 aliphatic rings. The summed E-state index contributed by atoms with van der Waals surface area (Å²) in [4.78, 5) is 26.9. The summed E-state index contributed by atoms with van der Waals surface area (Å²) >= 11 is 5.78. The van der Waals surface area contributed by atoms with Crippen LogP contribution in [0.25, 0.3) is 11.0 Å². The Kier molecular flexibility index (Phi) is 8.78. The van der Waals surface area contributed by atoms with Crippen molar-refractivity contribution in [3.8, 4) is 11.8 Å². The lowest BCUT2D eigenvalue weighted by Gasteiger charge is -2.31. The second kappa shape index (κ2) is 12.5. The molecule has 0 atom stereocenters. The zero-order chi connectivity index (χ0) is 30.0. The van der Waals surface area contributed by atoms with Gasteiger partial charge < -0.3 is 18.8 Å². The van der Waals surface area contributed by atoms with Crippen LogP contribution in [0, 0.1) is 11.6 Å². The van der Waals surface area contributed by atoms with Crippen LogP contribution >= 0.6 is 11.6 Å². The van der Waals surface area contributed by atoms with Crippen molar-refractivity contribution in [3.63, 3.8) is 0 Å². The number of benzene rings is 2. The zero-order valence-corrected chi connectivity index (χ0v) is 23.4. The fraction of sp³-hybridized carbons (Fsp3) is 0.357. The van der Waals surface area contributed by atoms with Gasteiger partial charge in [0.1, 0.15) is 23.8 Å². The smallest absolute Gasteiger partial charge is 0.387 e. The van der Waals surface area contributed by atoms with Crippen LogP contribution in [0.15, 0.2) is 36.5 Å². The number of alkyl halides is 2. The Labute approximate surface area is 243 Å². The van der Waals surface area contributed by atoms with Gasteiger partial charge in [0.15, 0.2) is 11.6 Å². The van der Waals surface area contributed by atoms with E-state index in [0.29, 0.717) is 43.8 Å². The molecule has 0 radical (unpaired) electrons. The quantitative estimate of drug-likeness (QED) is 0.178. The second-order valence-electron chi connectivity index (χ2n) is 9.76. The number of likely N-dealkylation sites (tertiary alicyclic amines) is 1. The molecular formula is C28H26ClF4N5O4. The van der Waals surface area contributed by atoms with Gasteiger partial charge in [-0.1, -0.05) is 17.7 Å². The van der Waals surface area contributed by atoms with Gasteiger partial charge in [0.05, 0.1) is 36.6 Å². The number of imidazole rings is 1. The first-order valence-corrected chi connectivity index (χ1v) is 13.3. The molecule has 0 amide bonds. The van der Waals surface area contributed by atoms with E-state index in [1.54, 1.807) is 11.6 Å². The highest BCUT2D eigenvalue weighted by atomic mass is 35.5. The van der Waals surface area contributed by atoms with Crippen LogP contribution in [-0.4, -0.2) is 57.2 Å². The van der Waals surface area contributed by atoms with Crippen molar-refractivity contribution in [1.29, 1.82) is 0 Å². The topological polar surface area (TPSA) is 91.6 Å². The average molecular weight is 608 g/mol. The minimum absolute atomic E-state index is 0.0592. The summed E-state index contributed by atoms with van der Waals surface area (Å²) in [6.07, 6.45) is 2.20. The van der Waals surface area contributed by atoms with Gasteiger partial charge in [-0.3, -0.25) is 4.90 Å². The Morgan fingerprint density at radius 2 is 1.88 bits per heavy atom. The first-order valence-electron chi connectivity index (χ1n) is 13.0. The third-order valence-corrected chi connectivity index (χ3v) is 7.38. The van der Waals surface area contributed by atoms with E-state index >= 15 is 0 Å². The Bertz CT molecular complexity index is 1610. The molecule has 0 bridgehead atoms. The maximum atomic E-state index is 14.7. The number of hydrogen-bond acceptors (Lipinski definition) is 8. The van der Waals surface area contributed by atoms with Crippen molar-refractivity contribution in [2.75, 3.05) is 20.2 Å². The van der Waals surface area contributed by atoms with E-state index < -0.39 is 24.2 Å². The van der Waals surface area contributed by atoms with Gasteiger partial charge in [-0.25, -0.2) is 23.5 Å². The van der Waals surface area contributed by atoms with Crippen LogP contribution in [0.5, 0.6) is 11.8 Å². The number of aromatic nitrogens is 4. The number of fused-ring (bicyclic) bond motifs is 1. The number of halogens is 5. The lowest BCUT2D eigenvalue weighted by molar-refractivity contribution is -0.0489. The minimum Gasteiger partial charge on any atom is -0.465 e. The lowest BCUT2D eigenvalue weighted by Crippen LogP contribution is -2.33. The van der Waals surface area contributed by atoms with Gasteiger partial charge >= 0.3 is 18.6 Å². The molecule has 222 valence electrons. The van der Waals surface area contributed by atoms with Crippen LogP contribution in [0.1, 0.15) is 46.2 Å². The monoisotopic (exact) mass is 607 g/mol. The van der Waals surface area contributed by atoms with E-state index in [-0.39, 0.29) is 51.6 Å². The third kappa shape index (κ3) is 6.41. The fourth-order valence-electron chi connectivity index (χ4n) is 4.93. The number of ether oxygens (including phenoxy) is 3. The summed E-state index contributed by atoms with van der Waals surface area (Å²) in [6.45, 7) is -1.70. The van der Waals surface area contributed by atoms with Crippen molar-refractivity contribution < 1.29 is 36.6 Å². The first kappa shape index (κ1) is 29.5. The van der Waals surface area contributed by atoms with Gasteiger partial charge in [-0.15, -0.1) is 0 Å². The molecule has 3 heterocycles. The Hall–Kier alpha value is -3.97. The van der Waals surface area contributed by atoms with Crippen molar-refractivity contribution in [3.05, 3.63) is 75.8 Å². The number of rotatable bonds is 9. The number of methoxy groups -OCH3 is 1. The third-order valence-electron chi connectivity index (χ3n) is 7.14. The molecule has 4 aromatic rings. The summed E-state index contributed by atoms with van der Waals surface area (Å²) in [5.74, 6) is -1.62. The van der Waals surface area contributed by atoms with Gasteiger partial charge in [0.25, 0.3) is 0 Å². The molecule has 5 rings (SSSR count). The highest BCUT2D eigenvalue weighted by molar-refractivity contribution is 6.30.